The molecule has 1 heterocycles. The Hall–Kier alpha value is -3.40. The zero-order valence-electron chi connectivity index (χ0n) is 18.8. The van der Waals surface area contributed by atoms with Gasteiger partial charge in [-0.05, 0) is 59.9 Å². The van der Waals surface area contributed by atoms with E-state index in [0.717, 1.165) is 25.7 Å². The van der Waals surface area contributed by atoms with Crippen LogP contribution in [0.3, 0.4) is 0 Å². The van der Waals surface area contributed by atoms with Crippen LogP contribution in [0.1, 0.15) is 42.4 Å². The maximum Gasteiger partial charge on any atom is 0.220 e. The van der Waals surface area contributed by atoms with Crippen LogP contribution in [0.4, 0.5) is 0 Å². The molecule has 168 valence electrons. The third kappa shape index (κ3) is 5.00. The van der Waals surface area contributed by atoms with Crippen molar-refractivity contribution in [2.45, 2.75) is 56.5 Å². The van der Waals surface area contributed by atoms with Crippen molar-refractivity contribution >= 4 is 11.8 Å². The monoisotopic (exact) mass is 438 g/mol. The highest BCUT2D eigenvalue weighted by Crippen LogP contribution is 2.31. The standard InChI is InChI=1S/C29H30N2O2/c32-27(30-26-18-24-8-4-5-9-25(24)19-26)14-16-29(17-15-28(33)31-29)20-21-10-12-23(13-11-21)22-6-2-1-3-7-22/h1-13,26H,14-20H2,(H,30,32)(H,31,33). The molecular weight excluding hydrogens is 408 g/mol. The van der Waals surface area contributed by atoms with Crippen molar-refractivity contribution in [1.82, 2.24) is 10.6 Å². The maximum absolute atomic E-state index is 12.8. The number of rotatable bonds is 7. The van der Waals surface area contributed by atoms with Gasteiger partial charge >= 0.3 is 0 Å². The SMILES string of the molecule is O=C(CCC1(Cc2ccc(-c3ccccc3)cc2)CCC(=O)N1)NC1Cc2ccccc2C1. The van der Waals surface area contributed by atoms with E-state index in [1.807, 2.05) is 18.2 Å². The molecule has 3 aromatic carbocycles. The highest BCUT2D eigenvalue weighted by molar-refractivity contribution is 5.80. The lowest BCUT2D eigenvalue weighted by molar-refractivity contribution is -0.123. The van der Waals surface area contributed by atoms with Crippen LogP contribution >= 0.6 is 0 Å². The van der Waals surface area contributed by atoms with Gasteiger partial charge in [-0.1, -0.05) is 78.9 Å². The Kier molecular flexibility index (Phi) is 5.99. The van der Waals surface area contributed by atoms with Gasteiger partial charge in [0.05, 0.1) is 0 Å². The predicted molar refractivity (Wildman–Crippen MR) is 131 cm³/mol. The quantitative estimate of drug-likeness (QED) is 0.566. The van der Waals surface area contributed by atoms with E-state index in [2.05, 4.69) is 71.3 Å². The Labute approximate surface area is 195 Å². The first-order chi connectivity index (χ1) is 16.1. The smallest absolute Gasteiger partial charge is 0.220 e. The third-order valence-corrected chi connectivity index (χ3v) is 7.09. The predicted octanol–water partition coefficient (Wildman–Crippen LogP) is 4.61. The molecule has 1 aliphatic carbocycles. The first-order valence-electron chi connectivity index (χ1n) is 11.9. The number of amides is 2. The van der Waals surface area contributed by atoms with E-state index in [9.17, 15) is 9.59 Å². The van der Waals surface area contributed by atoms with Crippen molar-refractivity contribution in [3.63, 3.8) is 0 Å². The molecule has 0 spiro atoms. The molecule has 2 aliphatic rings. The normalized spacial score (nSPS) is 19.8. The molecule has 2 N–H and O–H groups in total. The fourth-order valence-electron chi connectivity index (χ4n) is 5.33. The van der Waals surface area contributed by atoms with E-state index >= 15 is 0 Å². The number of hydrogen-bond donors (Lipinski definition) is 2. The zero-order chi connectivity index (χ0) is 22.7. The van der Waals surface area contributed by atoms with Crippen molar-refractivity contribution in [2.24, 2.45) is 0 Å². The van der Waals surface area contributed by atoms with Gasteiger partial charge in [-0.15, -0.1) is 0 Å². The fourth-order valence-corrected chi connectivity index (χ4v) is 5.33. The van der Waals surface area contributed by atoms with Gasteiger partial charge in [0, 0.05) is 24.4 Å². The summed E-state index contributed by atoms with van der Waals surface area (Å²) < 4.78 is 0. The Morgan fingerprint density at radius 2 is 1.52 bits per heavy atom. The molecule has 1 fully saturated rings. The van der Waals surface area contributed by atoms with Crippen molar-refractivity contribution in [3.05, 3.63) is 95.6 Å². The first kappa shape index (κ1) is 21.4. The Balaban J connectivity index is 1.20. The molecule has 1 aliphatic heterocycles. The molecule has 2 amide bonds. The van der Waals surface area contributed by atoms with Crippen LogP contribution in [0.15, 0.2) is 78.9 Å². The lowest BCUT2D eigenvalue weighted by Crippen LogP contribution is -2.45. The lowest BCUT2D eigenvalue weighted by Gasteiger charge is -2.29. The van der Waals surface area contributed by atoms with Crippen LogP contribution in [0.25, 0.3) is 11.1 Å². The summed E-state index contributed by atoms with van der Waals surface area (Å²) in [5.41, 5.74) is 5.88. The topological polar surface area (TPSA) is 58.2 Å². The number of carbonyl (C=O) groups excluding carboxylic acids is 2. The minimum Gasteiger partial charge on any atom is -0.353 e. The Morgan fingerprint density at radius 3 is 2.15 bits per heavy atom. The number of nitrogens with one attached hydrogen (secondary N) is 2. The fraction of sp³-hybridized carbons (Fsp3) is 0.310. The van der Waals surface area contributed by atoms with E-state index in [1.165, 1.54) is 27.8 Å². The summed E-state index contributed by atoms with van der Waals surface area (Å²) in [7, 11) is 0. The van der Waals surface area contributed by atoms with Crippen LogP contribution in [0, 0.1) is 0 Å². The minimum atomic E-state index is -0.346. The minimum absolute atomic E-state index is 0.0766. The van der Waals surface area contributed by atoms with Crippen molar-refractivity contribution in [1.29, 1.82) is 0 Å². The van der Waals surface area contributed by atoms with E-state index in [1.54, 1.807) is 0 Å². The summed E-state index contributed by atoms with van der Waals surface area (Å²) in [5.74, 6) is 0.162. The van der Waals surface area contributed by atoms with E-state index < -0.39 is 0 Å². The van der Waals surface area contributed by atoms with Crippen molar-refractivity contribution < 1.29 is 9.59 Å². The second-order valence-corrected chi connectivity index (χ2v) is 9.51. The molecule has 0 radical (unpaired) electrons. The maximum atomic E-state index is 12.8. The molecule has 33 heavy (non-hydrogen) atoms. The van der Waals surface area contributed by atoms with Crippen LogP contribution in [-0.2, 0) is 28.9 Å². The number of hydrogen-bond acceptors (Lipinski definition) is 2. The van der Waals surface area contributed by atoms with Gasteiger partial charge in [0.2, 0.25) is 11.8 Å². The summed E-state index contributed by atoms with van der Waals surface area (Å²) in [6, 6.07) is 27.5. The molecule has 0 aromatic heterocycles. The first-order valence-corrected chi connectivity index (χ1v) is 11.9. The second kappa shape index (κ2) is 9.22. The van der Waals surface area contributed by atoms with Crippen LogP contribution in [0.2, 0.25) is 0 Å². The zero-order valence-corrected chi connectivity index (χ0v) is 18.8. The average molecular weight is 439 g/mol. The van der Waals surface area contributed by atoms with Gasteiger partial charge < -0.3 is 10.6 Å². The van der Waals surface area contributed by atoms with Crippen LogP contribution in [0.5, 0.6) is 0 Å². The van der Waals surface area contributed by atoms with Gasteiger partial charge in [-0.2, -0.15) is 0 Å². The van der Waals surface area contributed by atoms with E-state index in [4.69, 9.17) is 0 Å². The summed E-state index contributed by atoms with van der Waals surface area (Å²) in [6.45, 7) is 0. The summed E-state index contributed by atoms with van der Waals surface area (Å²) in [5, 5.41) is 6.42. The highest BCUT2D eigenvalue weighted by Gasteiger charge is 2.38. The number of fused-ring (bicyclic) bond motifs is 1. The third-order valence-electron chi connectivity index (χ3n) is 7.09. The van der Waals surface area contributed by atoms with E-state index in [-0.39, 0.29) is 23.4 Å². The molecule has 4 nitrogen and oxygen atoms in total. The molecule has 1 saturated heterocycles. The number of carbonyl (C=O) groups is 2. The van der Waals surface area contributed by atoms with Gasteiger partial charge in [0.1, 0.15) is 0 Å². The van der Waals surface area contributed by atoms with Crippen LogP contribution < -0.4 is 10.6 Å². The lowest BCUT2D eigenvalue weighted by atomic mass is 9.84. The Bertz CT molecular complexity index is 1110. The highest BCUT2D eigenvalue weighted by atomic mass is 16.2. The summed E-state index contributed by atoms with van der Waals surface area (Å²) in [4.78, 5) is 24.9. The molecule has 4 heteroatoms. The van der Waals surface area contributed by atoms with Gasteiger partial charge in [0.25, 0.3) is 0 Å². The second-order valence-electron chi connectivity index (χ2n) is 9.51. The van der Waals surface area contributed by atoms with Crippen molar-refractivity contribution in [2.75, 3.05) is 0 Å². The summed E-state index contributed by atoms with van der Waals surface area (Å²) in [6.07, 6.45) is 4.93. The molecular formula is C29H30N2O2. The Morgan fingerprint density at radius 1 is 0.879 bits per heavy atom. The molecule has 5 rings (SSSR count). The van der Waals surface area contributed by atoms with Crippen molar-refractivity contribution in [3.8, 4) is 11.1 Å². The molecule has 1 atom stereocenters. The number of benzene rings is 3. The van der Waals surface area contributed by atoms with Gasteiger partial charge in [-0.25, -0.2) is 0 Å². The van der Waals surface area contributed by atoms with E-state index in [0.29, 0.717) is 19.3 Å². The molecule has 0 saturated carbocycles. The average Bonchev–Trinajstić information content (AvgIpc) is 3.41. The van der Waals surface area contributed by atoms with Gasteiger partial charge in [-0.3, -0.25) is 9.59 Å². The largest absolute Gasteiger partial charge is 0.353 e. The van der Waals surface area contributed by atoms with Crippen LogP contribution in [-0.4, -0.2) is 23.4 Å². The summed E-state index contributed by atoms with van der Waals surface area (Å²) >= 11 is 0. The molecule has 3 aromatic rings. The van der Waals surface area contributed by atoms with Gasteiger partial charge in [0.15, 0.2) is 0 Å². The molecule has 1 unspecified atom stereocenters. The molecule has 0 bridgehead atoms.